The van der Waals surface area contributed by atoms with Crippen molar-refractivity contribution in [2.24, 2.45) is 4.99 Å². The molecule has 184 valence electrons. The number of nitro groups is 1. The Morgan fingerprint density at radius 3 is 2.38 bits per heavy atom. The minimum absolute atomic E-state index is 0.0501. The highest BCUT2D eigenvalue weighted by molar-refractivity contribution is 5.96. The Morgan fingerprint density at radius 1 is 1.18 bits per heavy atom. The van der Waals surface area contributed by atoms with Gasteiger partial charge in [-0.1, -0.05) is 13.3 Å². The molecule has 11 heteroatoms. The molecule has 0 aliphatic carbocycles. The summed E-state index contributed by atoms with van der Waals surface area (Å²) in [7, 11) is 0. The Labute approximate surface area is 198 Å². The summed E-state index contributed by atoms with van der Waals surface area (Å²) in [5.74, 6) is 0.222. The monoisotopic (exact) mass is 474 g/mol. The second-order valence-electron chi connectivity index (χ2n) is 7.97. The number of carbonyl (C=O) groups is 2. The third-order valence-corrected chi connectivity index (χ3v) is 4.73. The van der Waals surface area contributed by atoms with Gasteiger partial charge < -0.3 is 19.5 Å². The van der Waals surface area contributed by atoms with E-state index in [0.717, 1.165) is 12.8 Å². The number of nitro benzene ring substituents is 1. The largest absolute Gasteiger partial charge is 0.454 e. The van der Waals surface area contributed by atoms with Crippen LogP contribution in [0.25, 0.3) is 0 Å². The van der Waals surface area contributed by atoms with Crippen LogP contribution in [0.3, 0.4) is 0 Å². The van der Waals surface area contributed by atoms with Crippen LogP contribution in [0.5, 0.6) is 11.5 Å². The number of rotatable bonds is 9. The predicted molar refractivity (Wildman–Crippen MR) is 126 cm³/mol. The smallest absolute Gasteiger partial charge is 0.413 e. The lowest BCUT2D eigenvalue weighted by Gasteiger charge is -2.18. The zero-order chi connectivity index (χ0) is 25.4. The minimum Gasteiger partial charge on any atom is -0.454 e. The molecule has 1 aliphatic rings. The molecule has 1 heterocycles. The maximum absolute atomic E-state index is 12.7. The number of unbranched alkanes of at least 4 members (excludes halogenated alkanes) is 1. The average molecular weight is 475 g/mol. The molecule has 2 amide bonds. The van der Waals surface area contributed by atoms with Crippen LogP contribution < -0.4 is 20.1 Å². The number of nitrogens with zero attached hydrogens (tertiary/aromatic N) is 2. The number of alkyl carbamates (subject to hydrolysis) is 1. The minimum atomic E-state index is -0.990. The van der Waals surface area contributed by atoms with Crippen molar-refractivity contribution in [3.05, 3.63) is 50.5 Å². The summed E-state index contributed by atoms with van der Waals surface area (Å²) in [6, 6.07) is 2.65. The quantitative estimate of drug-likeness (QED) is 0.230. The summed E-state index contributed by atoms with van der Waals surface area (Å²) in [5, 5.41) is 16.6. The van der Waals surface area contributed by atoms with E-state index in [2.05, 4.69) is 15.6 Å². The third-order valence-electron chi connectivity index (χ3n) is 4.73. The van der Waals surface area contributed by atoms with Crippen molar-refractivity contribution in [1.29, 1.82) is 0 Å². The standard InChI is InChI=1S/C23H30N4O7/c1-7-8-9-24-20(13(2)3)22(28)25-21(14(4)5)26-23(29)34-15(6)16-10-18-19(33-12-32-18)11-17(16)27(30)31/h9-11,15H,7-8,12H2,1-6H3,(H,25,28)(H,26,29). The van der Waals surface area contributed by atoms with Gasteiger partial charge in [0.2, 0.25) is 6.79 Å². The van der Waals surface area contributed by atoms with E-state index in [4.69, 9.17) is 14.2 Å². The number of hydrogen-bond donors (Lipinski definition) is 2. The Bertz CT molecular complexity index is 1050. The summed E-state index contributed by atoms with van der Waals surface area (Å²) in [4.78, 5) is 40.5. The van der Waals surface area contributed by atoms with Crippen molar-refractivity contribution in [2.45, 2.75) is 60.5 Å². The molecule has 0 radical (unpaired) electrons. The van der Waals surface area contributed by atoms with Gasteiger partial charge in [-0.25, -0.2) is 4.79 Å². The van der Waals surface area contributed by atoms with Gasteiger partial charge in [-0.15, -0.1) is 0 Å². The van der Waals surface area contributed by atoms with Gasteiger partial charge in [0, 0.05) is 6.21 Å². The van der Waals surface area contributed by atoms with Crippen LogP contribution in [-0.4, -0.2) is 29.9 Å². The van der Waals surface area contributed by atoms with E-state index in [9.17, 15) is 19.7 Å². The highest BCUT2D eigenvalue weighted by Crippen LogP contribution is 2.40. The lowest BCUT2D eigenvalue weighted by molar-refractivity contribution is -0.386. The average Bonchev–Trinajstić information content (AvgIpc) is 3.22. The second kappa shape index (κ2) is 11.8. The van der Waals surface area contributed by atoms with E-state index in [1.165, 1.54) is 19.1 Å². The molecule has 2 N–H and O–H groups in total. The molecule has 1 unspecified atom stereocenters. The number of hydrogen-bond acceptors (Lipinski definition) is 8. The molecule has 1 atom stereocenters. The van der Waals surface area contributed by atoms with Gasteiger partial charge in [0.05, 0.1) is 16.6 Å². The Hall–Kier alpha value is -3.89. The van der Waals surface area contributed by atoms with Crippen molar-refractivity contribution >= 4 is 23.9 Å². The number of aliphatic imine (C=N–C) groups is 1. The van der Waals surface area contributed by atoms with Crippen LogP contribution in [0, 0.1) is 10.1 Å². The van der Waals surface area contributed by atoms with Crippen LogP contribution >= 0.6 is 0 Å². The highest BCUT2D eigenvalue weighted by Gasteiger charge is 2.28. The first-order valence-electron chi connectivity index (χ1n) is 10.8. The lowest BCUT2D eigenvalue weighted by atomic mass is 10.1. The number of ether oxygens (including phenoxy) is 3. The maximum atomic E-state index is 12.7. The molecule has 1 aromatic rings. The maximum Gasteiger partial charge on any atom is 0.413 e. The van der Waals surface area contributed by atoms with E-state index in [-0.39, 0.29) is 35.3 Å². The molecule has 0 spiro atoms. The summed E-state index contributed by atoms with van der Waals surface area (Å²) in [6.45, 7) is 10.4. The molecule has 0 aromatic heterocycles. The lowest BCUT2D eigenvalue weighted by Crippen LogP contribution is -2.37. The molecule has 2 rings (SSSR count). The SMILES string of the molecule is CCCC=NC(C(=O)NC(NC(=O)OC(C)c1cc2c(cc1[N+](=O)[O-])OCO2)=C(C)C)=C(C)C. The number of benzene rings is 1. The number of carbonyl (C=O) groups excluding carboxylic acids is 2. The number of allylic oxidation sites excluding steroid dienone is 2. The molecule has 0 saturated heterocycles. The van der Waals surface area contributed by atoms with E-state index >= 15 is 0 Å². The Kier molecular flexibility index (Phi) is 9.17. The molecular formula is C23H30N4O7. The molecule has 0 saturated carbocycles. The molecular weight excluding hydrogens is 444 g/mol. The van der Waals surface area contributed by atoms with Crippen LogP contribution in [-0.2, 0) is 9.53 Å². The topological polar surface area (TPSA) is 141 Å². The number of amides is 2. The molecule has 1 aliphatic heterocycles. The summed E-state index contributed by atoms with van der Waals surface area (Å²) < 4.78 is 15.8. The summed E-state index contributed by atoms with van der Waals surface area (Å²) in [6.07, 6.45) is 1.41. The fourth-order valence-corrected chi connectivity index (χ4v) is 2.94. The van der Waals surface area contributed by atoms with Gasteiger partial charge in [0.25, 0.3) is 11.6 Å². The molecule has 0 fully saturated rings. The molecule has 1 aromatic carbocycles. The van der Waals surface area contributed by atoms with Crippen LogP contribution in [0.15, 0.2) is 39.8 Å². The zero-order valence-electron chi connectivity index (χ0n) is 20.2. The fraction of sp³-hybridized carbons (Fsp3) is 0.435. The highest BCUT2D eigenvalue weighted by atomic mass is 16.7. The number of fused-ring (bicyclic) bond motifs is 1. The first-order valence-corrected chi connectivity index (χ1v) is 10.8. The Balaban J connectivity index is 2.14. The zero-order valence-corrected chi connectivity index (χ0v) is 20.2. The first kappa shape index (κ1) is 26.4. The van der Waals surface area contributed by atoms with Crippen molar-refractivity contribution in [3.63, 3.8) is 0 Å². The summed E-state index contributed by atoms with van der Waals surface area (Å²) >= 11 is 0. The molecule has 11 nitrogen and oxygen atoms in total. The van der Waals surface area contributed by atoms with Gasteiger partial charge in [0.15, 0.2) is 11.5 Å². The fourth-order valence-electron chi connectivity index (χ4n) is 2.94. The normalized spacial score (nSPS) is 12.6. The van der Waals surface area contributed by atoms with E-state index in [1.807, 2.05) is 6.92 Å². The van der Waals surface area contributed by atoms with E-state index in [0.29, 0.717) is 16.9 Å². The van der Waals surface area contributed by atoms with Crippen molar-refractivity contribution < 1.29 is 28.7 Å². The van der Waals surface area contributed by atoms with Gasteiger partial charge in [0.1, 0.15) is 17.6 Å². The van der Waals surface area contributed by atoms with Gasteiger partial charge >= 0.3 is 6.09 Å². The van der Waals surface area contributed by atoms with Gasteiger partial charge in [-0.05, 0) is 58.3 Å². The Morgan fingerprint density at radius 2 is 1.82 bits per heavy atom. The number of nitrogens with one attached hydrogen (secondary N) is 2. The predicted octanol–water partition coefficient (Wildman–Crippen LogP) is 4.64. The molecule has 34 heavy (non-hydrogen) atoms. The van der Waals surface area contributed by atoms with Crippen LogP contribution in [0.1, 0.15) is 66.1 Å². The second-order valence-corrected chi connectivity index (χ2v) is 7.97. The first-order chi connectivity index (χ1) is 16.0. The van der Waals surface area contributed by atoms with E-state index < -0.39 is 23.0 Å². The van der Waals surface area contributed by atoms with Crippen LogP contribution in [0.2, 0.25) is 0 Å². The van der Waals surface area contributed by atoms with Crippen molar-refractivity contribution in [2.75, 3.05) is 6.79 Å². The van der Waals surface area contributed by atoms with Crippen molar-refractivity contribution in [1.82, 2.24) is 10.6 Å². The van der Waals surface area contributed by atoms with Crippen LogP contribution in [0.4, 0.5) is 10.5 Å². The van der Waals surface area contributed by atoms with Gasteiger partial charge in [-0.3, -0.25) is 25.2 Å². The van der Waals surface area contributed by atoms with E-state index in [1.54, 1.807) is 33.9 Å². The molecule has 0 bridgehead atoms. The third kappa shape index (κ3) is 6.80. The van der Waals surface area contributed by atoms with Gasteiger partial charge in [-0.2, -0.15) is 0 Å². The summed E-state index contributed by atoms with van der Waals surface area (Å²) in [5.41, 5.74) is 1.44. The van der Waals surface area contributed by atoms with Crippen molar-refractivity contribution in [3.8, 4) is 11.5 Å².